The molecule has 0 N–H and O–H groups in total. The van der Waals surface area contributed by atoms with Crippen LogP contribution < -0.4 is 0 Å². The van der Waals surface area contributed by atoms with Gasteiger partial charge in [-0.05, 0) is 31.3 Å². The molecule has 0 atom stereocenters. The van der Waals surface area contributed by atoms with Crippen molar-refractivity contribution < 1.29 is 14.3 Å². The van der Waals surface area contributed by atoms with E-state index in [2.05, 4.69) is 18.6 Å². The number of carbonyl (C=O) groups excluding carboxylic acids is 2. The molecule has 2 rings (SSSR count). The summed E-state index contributed by atoms with van der Waals surface area (Å²) in [5.74, 6) is 0.240. The highest BCUT2D eigenvalue weighted by Crippen LogP contribution is 2.32. The van der Waals surface area contributed by atoms with Crippen LogP contribution in [0.25, 0.3) is 0 Å². The summed E-state index contributed by atoms with van der Waals surface area (Å²) in [7, 11) is 0. The molecular formula is C13H20O3. The topological polar surface area (TPSA) is 43.4 Å². The number of cyclic esters (lactones) is 1. The molecule has 0 radical (unpaired) electrons. The van der Waals surface area contributed by atoms with Gasteiger partial charge in [-0.3, -0.25) is 9.59 Å². The maximum Gasteiger partial charge on any atom is 0.305 e. The smallest absolute Gasteiger partial charge is 0.305 e. The average Bonchev–Trinajstić information content (AvgIpc) is 2.51. The number of allylic oxidation sites excluding steroid dienone is 2. The van der Waals surface area contributed by atoms with Gasteiger partial charge in [0.25, 0.3) is 0 Å². The highest BCUT2D eigenvalue weighted by atomic mass is 16.5. The van der Waals surface area contributed by atoms with E-state index in [1.54, 1.807) is 6.08 Å². The summed E-state index contributed by atoms with van der Waals surface area (Å²) in [4.78, 5) is 21.0. The van der Waals surface area contributed by atoms with Gasteiger partial charge >= 0.3 is 5.97 Å². The molecule has 0 aromatic carbocycles. The molecule has 0 bridgehead atoms. The molecule has 0 spiro atoms. The lowest BCUT2D eigenvalue weighted by molar-refractivity contribution is -0.137. The Hall–Kier alpha value is -1.12. The lowest BCUT2D eigenvalue weighted by atomic mass is 9.77. The zero-order chi connectivity index (χ0) is 12.2. The lowest BCUT2D eigenvalue weighted by Crippen LogP contribution is -2.20. The second-order valence-electron chi connectivity index (χ2n) is 5.30. The SMILES string of the molecule is CC1=CC(=O)CC(C)(C)C1.O=C1CCCO1. The third-order valence-electron chi connectivity index (χ3n) is 2.61. The Morgan fingerprint density at radius 3 is 2.25 bits per heavy atom. The molecular weight excluding hydrogens is 204 g/mol. The second-order valence-corrected chi connectivity index (χ2v) is 5.30. The Kier molecular flexibility index (Phi) is 4.27. The molecule has 1 heterocycles. The van der Waals surface area contributed by atoms with Crippen LogP contribution in [-0.2, 0) is 14.3 Å². The Bertz CT molecular complexity index is 305. The maximum absolute atomic E-state index is 11.0. The van der Waals surface area contributed by atoms with E-state index in [4.69, 9.17) is 0 Å². The molecule has 16 heavy (non-hydrogen) atoms. The maximum atomic E-state index is 11.0. The summed E-state index contributed by atoms with van der Waals surface area (Å²) < 4.78 is 4.51. The van der Waals surface area contributed by atoms with Crippen molar-refractivity contribution in [1.29, 1.82) is 0 Å². The molecule has 0 unspecified atom stereocenters. The van der Waals surface area contributed by atoms with Gasteiger partial charge in [-0.1, -0.05) is 19.4 Å². The predicted octanol–water partition coefficient (Wildman–Crippen LogP) is 2.65. The zero-order valence-electron chi connectivity index (χ0n) is 10.3. The van der Waals surface area contributed by atoms with E-state index < -0.39 is 0 Å². The Labute approximate surface area is 96.9 Å². The second kappa shape index (κ2) is 5.28. The fraction of sp³-hybridized carbons (Fsp3) is 0.692. The molecule has 3 nitrogen and oxygen atoms in total. The van der Waals surface area contributed by atoms with Gasteiger partial charge in [-0.25, -0.2) is 0 Å². The minimum Gasteiger partial charge on any atom is -0.466 e. The number of rotatable bonds is 0. The number of ether oxygens (including phenoxy) is 1. The first-order valence-electron chi connectivity index (χ1n) is 5.75. The highest BCUT2D eigenvalue weighted by Gasteiger charge is 2.25. The summed E-state index contributed by atoms with van der Waals surface area (Å²) in [6.07, 6.45) is 5.09. The van der Waals surface area contributed by atoms with Gasteiger partial charge in [-0.15, -0.1) is 0 Å². The first kappa shape index (κ1) is 12.9. The van der Waals surface area contributed by atoms with Crippen LogP contribution in [-0.4, -0.2) is 18.4 Å². The van der Waals surface area contributed by atoms with Gasteiger partial charge in [0.15, 0.2) is 5.78 Å². The van der Waals surface area contributed by atoms with Crippen molar-refractivity contribution in [1.82, 2.24) is 0 Å². The summed E-state index contributed by atoms with van der Waals surface area (Å²) in [5.41, 5.74) is 1.43. The molecule has 1 fully saturated rings. The monoisotopic (exact) mass is 224 g/mol. The van der Waals surface area contributed by atoms with Gasteiger partial charge in [-0.2, -0.15) is 0 Å². The van der Waals surface area contributed by atoms with Crippen molar-refractivity contribution in [2.45, 2.75) is 46.5 Å². The number of hydrogen-bond acceptors (Lipinski definition) is 3. The van der Waals surface area contributed by atoms with Gasteiger partial charge in [0.2, 0.25) is 0 Å². The van der Waals surface area contributed by atoms with E-state index in [9.17, 15) is 9.59 Å². The summed E-state index contributed by atoms with van der Waals surface area (Å²) in [6, 6.07) is 0. The van der Waals surface area contributed by atoms with Crippen LogP contribution >= 0.6 is 0 Å². The first-order valence-corrected chi connectivity index (χ1v) is 5.75. The van der Waals surface area contributed by atoms with E-state index >= 15 is 0 Å². The zero-order valence-corrected chi connectivity index (χ0v) is 10.3. The van der Waals surface area contributed by atoms with Crippen molar-refractivity contribution >= 4 is 11.8 Å². The van der Waals surface area contributed by atoms with Crippen LogP contribution in [0.15, 0.2) is 11.6 Å². The van der Waals surface area contributed by atoms with Gasteiger partial charge in [0.05, 0.1) is 6.61 Å². The molecule has 3 heteroatoms. The van der Waals surface area contributed by atoms with Crippen molar-refractivity contribution in [3.05, 3.63) is 11.6 Å². The van der Waals surface area contributed by atoms with Crippen LogP contribution in [0.1, 0.15) is 46.5 Å². The summed E-state index contributed by atoms with van der Waals surface area (Å²) in [5, 5.41) is 0. The molecule has 0 aromatic rings. The standard InChI is InChI=1S/C9H14O.C4H6O2/c1-7-4-8(10)6-9(2,3)5-7;5-4-2-1-3-6-4/h4H,5-6H2,1-3H3;1-3H2. The highest BCUT2D eigenvalue weighted by molar-refractivity contribution is 5.91. The third kappa shape index (κ3) is 4.60. The molecule has 1 aliphatic heterocycles. The molecule has 0 saturated carbocycles. The lowest BCUT2D eigenvalue weighted by Gasteiger charge is -2.27. The summed E-state index contributed by atoms with van der Waals surface area (Å²) >= 11 is 0. The van der Waals surface area contributed by atoms with Crippen LogP contribution in [0.2, 0.25) is 0 Å². The number of ketones is 1. The van der Waals surface area contributed by atoms with Crippen molar-refractivity contribution in [3.63, 3.8) is 0 Å². The molecule has 90 valence electrons. The Morgan fingerprint density at radius 2 is 1.94 bits per heavy atom. The fourth-order valence-corrected chi connectivity index (χ4v) is 2.14. The molecule has 0 aromatic heterocycles. The van der Waals surface area contributed by atoms with Crippen molar-refractivity contribution in [2.24, 2.45) is 5.41 Å². The number of esters is 1. The molecule has 0 amide bonds. The summed E-state index contributed by atoms with van der Waals surface area (Å²) in [6.45, 7) is 6.94. The fourth-order valence-electron chi connectivity index (χ4n) is 2.14. The van der Waals surface area contributed by atoms with Crippen LogP contribution in [0, 0.1) is 5.41 Å². The predicted molar refractivity (Wildman–Crippen MR) is 62.0 cm³/mol. The molecule has 2 aliphatic rings. The normalized spacial score (nSPS) is 23.1. The number of carbonyl (C=O) groups is 2. The number of hydrogen-bond donors (Lipinski definition) is 0. The van der Waals surface area contributed by atoms with Crippen LogP contribution in [0.3, 0.4) is 0 Å². The van der Waals surface area contributed by atoms with E-state index in [0.29, 0.717) is 19.4 Å². The average molecular weight is 224 g/mol. The minimum atomic E-state index is -0.0463. The van der Waals surface area contributed by atoms with Gasteiger partial charge in [0.1, 0.15) is 0 Å². The van der Waals surface area contributed by atoms with Crippen molar-refractivity contribution in [3.8, 4) is 0 Å². The largest absolute Gasteiger partial charge is 0.466 e. The Balaban J connectivity index is 0.000000181. The minimum absolute atomic E-state index is 0.0463. The Morgan fingerprint density at radius 1 is 1.25 bits per heavy atom. The quantitative estimate of drug-likeness (QED) is 0.594. The van der Waals surface area contributed by atoms with Gasteiger partial charge < -0.3 is 4.74 Å². The molecule has 1 aliphatic carbocycles. The van der Waals surface area contributed by atoms with E-state index in [-0.39, 0.29) is 17.2 Å². The van der Waals surface area contributed by atoms with E-state index in [1.807, 2.05) is 6.92 Å². The first-order chi connectivity index (χ1) is 7.39. The van der Waals surface area contributed by atoms with E-state index in [1.165, 1.54) is 5.57 Å². The third-order valence-corrected chi connectivity index (χ3v) is 2.61. The van der Waals surface area contributed by atoms with E-state index in [0.717, 1.165) is 12.8 Å². The molecule has 1 saturated heterocycles. The van der Waals surface area contributed by atoms with Crippen LogP contribution in [0.4, 0.5) is 0 Å². The van der Waals surface area contributed by atoms with Gasteiger partial charge in [0, 0.05) is 12.8 Å². The van der Waals surface area contributed by atoms with Crippen molar-refractivity contribution in [2.75, 3.05) is 6.61 Å². The van der Waals surface area contributed by atoms with Crippen LogP contribution in [0.5, 0.6) is 0 Å².